The molecule has 0 fully saturated rings. The standard InChI is InChI=1S/C13H17NO/c1-4-9-14-11(3)13(15)12-7-5-10(2)6-8-12/h4-8,11,14H,1,9H2,2-3H3. The van der Waals surface area contributed by atoms with E-state index in [1.165, 1.54) is 5.56 Å². The van der Waals surface area contributed by atoms with Crippen molar-refractivity contribution in [3.8, 4) is 0 Å². The molecule has 0 spiro atoms. The smallest absolute Gasteiger partial charge is 0.179 e. The van der Waals surface area contributed by atoms with E-state index in [0.717, 1.165) is 5.56 Å². The third-order valence-corrected chi connectivity index (χ3v) is 2.30. The quantitative estimate of drug-likeness (QED) is 0.588. The molecule has 1 unspecified atom stereocenters. The van der Waals surface area contributed by atoms with Gasteiger partial charge in [0.1, 0.15) is 0 Å². The fraction of sp³-hybridized carbons (Fsp3) is 0.308. The fourth-order valence-electron chi connectivity index (χ4n) is 1.32. The van der Waals surface area contributed by atoms with Gasteiger partial charge >= 0.3 is 0 Å². The molecule has 15 heavy (non-hydrogen) atoms. The molecule has 0 aromatic heterocycles. The fourth-order valence-corrected chi connectivity index (χ4v) is 1.32. The van der Waals surface area contributed by atoms with E-state index in [9.17, 15) is 4.79 Å². The van der Waals surface area contributed by atoms with Crippen molar-refractivity contribution in [2.75, 3.05) is 6.54 Å². The Morgan fingerprint density at radius 3 is 2.60 bits per heavy atom. The normalized spacial score (nSPS) is 12.1. The van der Waals surface area contributed by atoms with Gasteiger partial charge in [-0.05, 0) is 13.8 Å². The lowest BCUT2D eigenvalue weighted by atomic mass is 10.0. The number of nitrogens with one attached hydrogen (secondary N) is 1. The molecule has 0 bridgehead atoms. The van der Waals surface area contributed by atoms with Gasteiger partial charge in [-0.25, -0.2) is 0 Å². The van der Waals surface area contributed by atoms with Crippen molar-refractivity contribution >= 4 is 5.78 Å². The number of rotatable bonds is 5. The molecular formula is C13H17NO. The van der Waals surface area contributed by atoms with Crippen LogP contribution in [0.15, 0.2) is 36.9 Å². The minimum Gasteiger partial charge on any atom is -0.304 e. The summed E-state index contributed by atoms with van der Waals surface area (Å²) in [6.07, 6.45) is 1.75. The van der Waals surface area contributed by atoms with Crippen molar-refractivity contribution in [2.24, 2.45) is 0 Å². The summed E-state index contributed by atoms with van der Waals surface area (Å²) in [5.74, 6) is 0.122. The number of benzene rings is 1. The Hall–Kier alpha value is -1.41. The Morgan fingerprint density at radius 1 is 1.47 bits per heavy atom. The van der Waals surface area contributed by atoms with Crippen molar-refractivity contribution in [1.82, 2.24) is 5.32 Å². The van der Waals surface area contributed by atoms with Gasteiger partial charge in [-0.15, -0.1) is 6.58 Å². The molecule has 1 rings (SSSR count). The lowest BCUT2D eigenvalue weighted by molar-refractivity contribution is 0.0953. The third-order valence-electron chi connectivity index (χ3n) is 2.30. The molecule has 80 valence electrons. The van der Waals surface area contributed by atoms with Gasteiger partial charge in [0.15, 0.2) is 5.78 Å². The lowest BCUT2D eigenvalue weighted by Gasteiger charge is -2.11. The number of ketones is 1. The highest BCUT2D eigenvalue weighted by Crippen LogP contribution is 2.06. The highest BCUT2D eigenvalue weighted by molar-refractivity contribution is 5.99. The summed E-state index contributed by atoms with van der Waals surface area (Å²) < 4.78 is 0. The molecule has 2 nitrogen and oxygen atoms in total. The van der Waals surface area contributed by atoms with E-state index in [1.54, 1.807) is 6.08 Å². The average molecular weight is 203 g/mol. The lowest BCUT2D eigenvalue weighted by Crippen LogP contribution is -2.33. The van der Waals surface area contributed by atoms with Crippen molar-refractivity contribution in [2.45, 2.75) is 19.9 Å². The van der Waals surface area contributed by atoms with Crippen LogP contribution in [-0.4, -0.2) is 18.4 Å². The van der Waals surface area contributed by atoms with E-state index in [0.29, 0.717) is 6.54 Å². The summed E-state index contributed by atoms with van der Waals surface area (Å²) >= 11 is 0. The first-order chi connectivity index (χ1) is 7.15. The molecule has 1 N–H and O–H groups in total. The van der Waals surface area contributed by atoms with Gasteiger partial charge in [0, 0.05) is 12.1 Å². The van der Waals surface area contributed by atoms with Crippen molar-refractivity contribution in [1.29, 1.82) is 0 Å². The number of Topliss-reactive ketones (excluding diaryl/α,β-unsaturated/α-hetero) is 1. The second-order valence-corrected chi connectivity index (χ2v) is 3.65. The van der Waals surface area contributed by atoms with E-state index in [2.05, 4.69) is 11.9 Å². The van der Waals surface area contributed by atoms with Crippen LogP contribution in [0, 0.1) is 6.92 Å². The molecule has 0 radical (unpaired) electrons. The highest BCUT2D eigenvalue weighted by Gasteiger charge is 2.13. The van der Waals surface area contributed by atoms with E-state index >= 15 is 0 Å². The monoisotopic (exact) mass is 203 g/mol. The molecule has 0 aliphatic carbocycles. The van der Waals surface area contributed by atoms with Crippen LogP contribution >= 0.6 is 0 Å². The first kappa shape index (κ1) is 11.7. The van der Waals surface area contributed by atoms with Gasteiger partial charge < -0.3 is 5.32 Å². The molecule has 0 aliphatic rings. The van der Waals surface area contributed by atoms with E-state index in [1.807, 2.05) is 38.1 Å². The van der Waals surface area contributed by atoms with Crippen molar-refractivity contribution < 1.29 is 4.79 Å². The predicted octanol–water partition coefficient (Wildman–Crippen LogP) is 2.34. The first-order valence-electron chi connectivity index (χ1n) is 5.10. The Balaban J connectivity index is 2.67. The maximum absolute atomic E-state index is 11.9. The molecule has 2 heteroatoms. The van der Waals surface area contributed by atoms with Gasteiger partial charge in [-0.1, -0.05) is 35.9 Å². The van der Waals surface area contributed by atoms with Gasteiger partial charge in [0.25, 0.3) is 0 Å². The van der Waals surface area contributed by atoms with Crippen LogP contribution in [-0.2, 0) is 0 Å². The minimum absolute atomic E-state index is 0.122. The molecule has 1 aromatic rings. The Labute approximate surface area is 91.0 Å². The van der Waals surface area contributed by atoms with Crippen LogP contribution in [0.5, 0.6) is 0 Å². The topological polar surface area (TPSA) is 29.1 Å². The maximum Gasteiger partial charge on any atom is 0.179 e. The molecule has 0 saturated heterocycles. The molecule has 0 aliphatic heterocycles. The van der Waals surface area contributed by atoms with Crippen LogP contribution < -0.4 is 5.32 Å². The van der Waals surface area contributed by atoms with Crippen LogP contribution in [0.2, 0.25) is 0 Å². The van der Waals surface area contributed by atoms with E-state index < -0.39 is 0 Å². The molecule has 0 amide bonds. The summed E-state index contributed by atoms with van der Waals surface area (Å²) in [4.78, 5) is 11.9. The molecular weight excluding hydrogens is 186 g/mol. The zero-order valence-corrected chi connectivity index (χ0v) is 9.29. The third kappa shape index (κ3) is 3.33. The molecule has 1 aromatic carbocycles. The second kappa shape index (κ2) is 5.47. The number of hydrogen-bond acceptors (Lipinski definition) is 2. The Morgan fingerprint density at radius 2 is 2.07 bits per heavy atom. The summed E-state index contributed by atoms with van der Waals surface area (Å²) in [5.41, 5.74) is 1.92. The molecule has 0 saturated carbocycles. The van der Waals surface area contributed by atoms with E-state index in [4.69, 9.17) is 0 Å². The molecule has 0 heterocycles. The first-order valence-corrected chi connectivity index (χ1v) is 5.10. The van der Waals surface area contributed by atoms with Gasteiger partial charge in [0.2, 0.25) is 0 Å². The van der Waals surface area contributed by atoms with Crippen LogP contribution in [0.1, 0.15) is 22.8 Å². The van der Waals surface area contributed by atoms with Crippen LogP contribution in [0.4, 0.5) is 0 Å². The second-order valence-electron chi connectivity index (χ2n) is 3.65. The highest BCUT2D eigenvalue weighted by atomic mass is 16.1. The van der Waals surface area contributed by atoms with Crippen LogP contribution in [0.3, 0.4) is 0 Å². The summed E-state index contributed by atoms with van der Waals surface area (Å²) in [6, 6.07) is 7.47. The zero-order valence-electron chi connectivity index (χ0n) is 9.29. The van der Waals surface area contributed by atoms with Crippen molar-refractivity contribution in [3.05, 3.63) is 48.0 Å². The number of hydrogen-bond donors (Lipinski definition) is 1. The summed E-state index contributed by atoms with van der Waals surface area (Å²) in [5, 5.41) is 3.08. The maximum atomic E-state index is 11.9. The average Bonchev–Trinajstić information content (AvgIpc) is 2.26. The summed E-state index contributed by atoms with van der Waals surface area (Å²) in [6.45, 7) is 8.13. The van der Waals surface area contributed by atoms with Gasteiger partial charge in [0.05, 0.1) is 6.04 Å². The largest absolute Gasteiger partial charge is 0.304 e. The number of carbonyl (C=O) groups excluding carboxylic acids is 1. The van der Waals surface area contributed by atoms with E-state index in [-0.39, 0.29) is 11.8 Å². The number of carbonyl (C=O) groups is 1. The summed E-state index contributed by atoms with van der Waals surface area (Å²) in [7, 11) is 0. The Bertz CT molecular complexity index is 340. The van der Waals surface area contributed by atoms with Gasteiger partial charge in [-0.3, -0.25) is 4.79 Å². The minimum atomic E-state index is -0.161. The number of aryl methyl sites for hydroxylation is 1. The molecule has 1 atom stereocenters. The SMILES string of the molecule is C=CCNC(C)C(=O)c1ccc(C)cc1. The van der Waals surface area contributed by atoms with Gasteiger partial charge in [-0.2, -0.15) is 0 Å². The zero-order chi connectivity index (χ0) is 11.3. The van der Waals surface area contributed by atoms with Crippen LogP contribution in [0.25, 0.3) is 0 Å². The Kier molecular flexibility index (Phi) is 4.25. The van der Waals surface area contributed by atoms with Crippen molar-refractivity contribution in [3.63, 3.8) is 0 Å². The predicted molar refractivity (Wildman–Crippen MR) is 63.2 cm³/mol.